The fourth-order valence-corrected chi connectivity index (χ4v) is 3.64. The number of rotatable bonds is 2. The summed E-state index contributed by atoms with van der Waals surface area (Å²) in [5.74, 6) is 4.09. The summed E-state index contributed by atoms with van der Waals surface area (Å²) in [6.45, 7) is 1.10. The summed E-state index contributed by atoms with van der Waals surface area (Å²) in [6.07, 6.45) is 6.81. The average molecular weight is 238 g/mol. The van der Waals surface area contributed by atoms with Crippen LogP contribution in [0.4, 0.5) is 0 Å². The van der Waals surface area contributed by atoms with Gasteiger partial charge in [-0.25, -0.2) is 4.98 Å². The van der Waals surface area contributed by atoms with Crippen LogP contribution in [0.2, 0.25) is 0 Å². The van der Waals surface area contributed by atoms with Crippen LogP contribution >= 0.6 is 11.8 Å². The Balaban J connectivity index is 1.71. The molecule has 3 nitrogen and oxygen atoms in total. The highest BCUT2D eigenvalue weighted by Crippen LogP contribution is 2.32. The van der Waals surface area contributed by atoms with E-state index in [-0.39, 0.29) is 0 Å². The molecule has 0 aliphatic carbocycles. The van der Waals surface area contributed by atoms with Crippen molar-refractivity contribution in [1.29, 1.82) is 0 Å². The van der Waals surface area contributed by atoms with Crippen LogP contribution in [0.3, 0.4) is 0 Å². The van der Waals surface area contributed by atoms with E-state index in [4.69, 9.17) is 4.42 Å². The first-order valence-electron chi connectivity index (χ1n) is 6.20. The second kappa shape index (κ2) is 4.80. The first-order chi connectivity index (χ1) is 7.93. The third-order valence-electron chi connectivity index (χ3n) is 3.54. The van der Waals surface area contributed by atoms with E-state index in [9.17, 15) is 0 Å². The zero-order chi connectivity index (χ0) is 10.8. The van der Waals surface area contributed by atoms with Gasteiger partial charge in [0.25, 0.3) is 0 Å². The normalized spacial score (nSPS) is 27.4. The number of oxazole rings is 1. The number of thioether (sulfide) groups is 1. The molecule has 0 bridgehead atoms. The van der Waals surface area contributed by atoms with Crippen molar-refractivity contribution < 1.29 is 4.42 Å². The zero-order valence-corrected chi connectivity index (χ0v) is 10.3. The van der Waals surface area contributed by atoms with Crippen LogP contribution in [0.5, 0.6) is 0 Å². The minimum Gasteiger partial charge on any atom is -0.447 e. The van der Waals surface area contributed by atoms with E-state index in [1.807, 2.05) is 6.26 Å². The Kier molecular flexibility index (Phi) is 3.20. The van der Waals surface area contributed by atoms with Crippen molar-refractivity contribution in [2.24, 2.45) is 0 Å². The molecule has 0 saturated carbocycles. The van der Waals surface area contributed by atoms with Gasteiger partial charge in [-0.1, -0.05) is 0 Å². The van der Waals surface area contributed by atoms with Gasteiger partial charge in [0.2, 0.25) is 5.89 Å². The number of nitrogens with zero attached hydrogens (tertiary/aromatic N) is 1. The number of nitrogens with one attached hydrogen (secondary N) is 1. The Morgan fingerprint density at radius 3 is 2.94 bits per heavy atom. The maximum absolute atomic E-state index is 5.62. The summed E-state index contributed by atoms with van der Waals surface area (Å²) < 4.78 is 5.62. The van der Waals surface area contributed by atoms with Gasteiger partial charge in [0, 0.05) is 5.92 Å². The molecule has 88 valence electrons. The molecule has 2 fully saturated rings. The molecule has 16 heavy (non-hydrogen) atoms. The molecule has 1 aromatic rings. The Morgan fingerprint density at radius 1 is 1.31 bits per heavy atom. The van der Waals surface area contributed by atoms with Crippen molar-refractivity contribution >= 4 is 11.8 Å². The predicted octanol–water partition coefficient (Wildman–Crippen LogP) is 2.71. The van der Waals surface area contributed by atoms with Crippen LogP contribution in [0, 0.1) is 0 Å². The van der Waals surface area contributed by atoms with Gasteiger partial charge in [0.15, 0.2) is 0 Å². The summed E-state index contributed by atoms with van der Waals surface area (Å²) in [7, 11) is 0. The monoisotopic (exact) mass is 238 g/mol. The standard InChI is InChI=1S/C12H18N2OS/c1-2-10(13-5-1)12-14-11(8-15-12)9-3-6-16-7-4-9/h8-10,13H,1-7H2. The lowest BCUT2D eigenvalue weighted by Gasteiger charge is -2.18. The fourth-order valence-electron chi connectivity index (χ4n) is 2.54. The number of hydrogen-bond acceptors (Lipinski definition) is 4. The molecular weight excluding hydrogens is 220 g/mol. The highest BCUT2D eigenvalue weighted by Gasteiger charge is 2.24. The van der Waals surface area contributed by atoms with E-state index in [1.54, 1.807) is 0 Å². The third kappa shape index (κ3) is 2.13. The second-order valence-electron chi connectivity index (χ2n) is 4.65. The molecule has 3 rings (SSSR count). The van der Waals surface area contributed by atoms with Crippen LogP contribution in [0.1, 0.15) is 49.2 Å². The number of aromatic nitrogens is 1. The molecule has 2 aliphatic rings. The molecule has 0 amide bonds. The summed E-state index contributed by atoms with van der Waals surface area (Å²) in [6, 6.07) is 0.367. The Hall–Kier alpha value is -0.480. The van der Waals surface area contributed by atoms with Crippen LogP contribution in [-0.2, 0) is 0 Å². The topological polar surface area (TPSA) is 38.1 Å². The van der Waals surface area contributed by atoms with Gasteiger partial charge < -0.3 is 9.73 Å². The Bertz CT molecular complexity index is 341. The van der Waals surface area contributed by atoms with Crippen molar-refractivity contribution in [3.8, 4) is 0 Å². The van der Waals surface area contributed by atoms with Gasteiger partial charge in [-0.3, -0.25) is 0 Å². The smallest absolute Gasteiger partial charge is 0.211 e. The van der Waals surface area contributed by atoms with E-state index in [0.717, 1.165) is 12.4 Å². The first kappa shape index (κ1) is 10.7. The summed E-state index contributed by atoms with van der Waals surface area (Å²) in [5, 5.41) is 3.43. The van der Waals surface area contributed by atoms with Gasteiger partial charge in [-0.2, -0.15) is 11.8 Å². The first-order valence-corrected chi connectivity index (χ1v) is 7.35. The average Bonchev–Trinajstić information content (AvgIpc) is 3.01. The Morgan fingerprint density at radius 2 is 2.19 bits per heavy atom. The summed E-state index contributed by atoms with van der Waals surface area (Å²) in [5.41, 5.74) is 1.18. The molecule has 2 aliphatic heterocycles. The minimum atomic E-state index is 0.367. The molecule has 1 N–H and O–H groups in total. The molecular formula is C12H18N2OS. The maximum atomic E-state index is 5.62. The van der Waals surface area contributed by atoms with Gasteiger partial charge in [0.1, 0.15) is 6.26 Å². The molecule has 0 aromatic carbocycles. The highest BCUT2D eigenvalue weighted by molar-refractivity contribution is 7.99. The van der Waals surface area contributed by atoms with Crippen LogP contribution in [0.15, 0.2) is 10.7 Å². The molecule has 4 heteroatoms. The second-order valence-corrected chi connectivity index (χ2v) is 5.87. The lowest BCUT2D eigenvalue weighted by molar-refractivity contribution is 0.429. The fraction of sp³-hybridized carbons (Fsp3) is 0.750. The molecule has 1 atom stereocenters. The van der Waals surface area contributed by atoms with Crippen molar-refractivity contribution in [1.82, 2.24) is 10.3 Å². The maximum Gasteiger partial charge on any atom is 0.211 e. The van der Waals surface area contributed by atoms with Crippen molar-refractivity contribution in [2.75, 3.05) is 18.1 Å². The molecule has 3 heterocycles. The number of hydrogen-bond donors (Lipinski definition) is 1. The van der Waals surface area contributed by atoms with Gasteiger partial charge >= 0.3 is 0 Å². The summed E-state index contributed by atoms with van der Waals surface area (Å²) >= 11 is 2.05. The largest absolute Gasteiger partial charge is 0.447 e. The van der Waals surface area contributed by atoms with Crippen LogP contribution in [0.25, 0.3) is 0 Å². The van der Waals surface area contributed by atoms with Gasteiger partial charge in [0.05, 0.1) is 11.7 Å². The van der Waals surface area contributed by atoms with Crippen LogP contribution < -0.4 is 5.32 Å². The van der Waals surface area contributed by atoms with E-state index in [1.165, 1.54) is 42.9 Å². The molecule has 1 aromatic heterocycles. The van der Waals surface area contributed by atoms with Crippen molar-refractivity contribution in [2.45, 2.75) is 37.6 Å². The zero-order valence-electron chi connectivity index (χ0n) is 9.45. The van der Waals surface area contributed by atoms with E-state index in [0.29, 0.717) is 12.0 Å². The quantitative estimate of drug-likeness (QED) is 0.859. The highest BCUT2D eigenvalue weighted by atomic mass is 32.2. The third-order valence-corrected chi connectivity index (χ3v) is 4.59. The Labute approximate surface area is 100 Å². The summed E-state index contributed by atoms with van der Waals surface area (Å²) in [4.78, 5) is 4.68. The molecule has 0 radical (unpaired) electrons. The van der Waals surface area contributed by atoms with Gasteiger partial charge in [-0.15, -0.1) is 0 Å². The SMILES string of the molecule is c1oc(C2CCCN2)nc1C1CCSCC1. The molecule has 2 saturated heterocycles. The van der Waals surface area contributed by atoms with Gasteiger partial charge in [-0.05, 0) is 43.7 Å². The molecule has 1 unspecified atom stereocenters. The van der Waals surface area contributed by atoms with Crippen molar-refractivity contribution in [3.05, 3.63) is 17.8 Å². The van der Waals surface area contributed by atoms with Crippen LogP contribution in [-0.4, -0.2) is 23.0 Å². The lowest BCUT2D eigenvalue weighted by atomic mass is 10.00. The van der Waals surface area contributed by atoms with Crippen molar-refractivity contribution in [3.63, 3.8) is 0 Å². The minimum absolute atomic E-state index is 0.367. The molecule has 0 spiro atoms. The lowest BCUT2D eigenvalue weighted by Crippen LogP contribution is -2.13. The van der Waals surface area contributed by atoms with E-state index >= 15 is 0 Å². The predicted molar refractivity (Wildman–Crippen MR) is 65.8 cm³/mol. The van der Waals surface area contributed by atoms with E-state index < -0.39 is 0 Å². The van der Waals surface area contributed by atoms with E-state index in [2.05, 4.69) is 22.1 Å².